The number of carbonyl (C=O) groups is 1. The van der Waals surface area contributed by atoms with Gasteiger partial charge in [-0.2, -0.15) is 5.10 Å². The summed E-state index contributed by atoms with van der Waals surface area (Å²) in [5, 5.41) is 16.1. The summed E-state index contributed by atoms with van der Waals surface area (Å²) < 4.78 is 12.8. The van der Waals surface area contributed by atoms with E-state index in [9.17, 15) is 14.9 Å². The van der Waals surface area contributed by atoms with Crippen LogP contribution in [0.3, 0.4) is 0 Å². The molecule has 3 aromatic carbocycles. The number of thioether (sulfide) groups is 1. The molecule has 0 unspecified atom stereocenters. The van der Waals surface area contributed by atoms with Gasteiger partial charge in [0, 0.05) is 36.0 Å². The lowest BCUT2D eigenvalue weighted by Gasteiger charge is -2.15. The summed E-state index contributed by atoms with van der Waals surface area (Å²) in [6, 6.07) is 21.4. The number of ether oxygens (including phenoxy) is 2. The molecule has 0 bridgehead atoms. The lowest BCUT2D eigenvalue weighted by Crippen LogP contribution is -2.30. The van der Waals surface area contributed by atoms with Gasteiger partial charge in [0.05, 0.1) is 29.7 Å². The first kappa shape index (κ1) is 27.1. The molecule has 11 heteroatoms. The Labute approximate surface area is 240 Å². The largest absolute Gasteiger partial charge is 0.493 e. The molecule has 2 heterocycles. The van der Waals surface area contributed by atoms with Gasteiger partial charge in [0.25, 0.3) is 11.6 Å². The number of carbonyl (C=O) groups excluding carboxylic acids is 1. The summed E-state index contributed by atoms with van der Waals surface area (Å²) in [4.78, 5) is 26.4. The normalized spacial score (nSPS) is 14.2. The first-order valence-electron chi connectivity index (χ1n) is 12.2. The number of thiocarbonyl (C=S) groups is 1. The number of non-ortho nitro benzene ring substituents is 1. The lowest BCUT2D eigenvalue weighted by molar-refractivity contribution is -0.384. The van der Waals surface area contributed by atoms with E-state index in [0.717, 1.165) is 11.3 Å². The second-order valence-electron chi connectivity index (χ2n) is 8.79. The third-order valence-corrected chi connectivity index (χ3v) is 7.70. The van der Waals surface area contributed by atoms with Crippen molar-refractivity contribution in [2.45, 2.75) is 6.42 Å². The number of methoxy groups -OCH3 is 2. The first-order valence-corrected chi connectivity index (χ1v) is 13.5. The monoisotopic (exact) mass is 572 g/mol. The molecular formula is C29H24N4O5S2. The molecule has 0 atom stereocenters. The summed E-state index contributed by atoms with van der Waals surface area (Å²) in [5.41, 5.74) is 3.48. The Hall–Kier alpha value is -4.48. The zero-order valence-corrected chi connectivity index (χ0v) is 23.3. The highest BCUT2D eigenvalue weighted by Crippen LogP contribution is 2.36. The number of rotatable bonds is 9. The van der Waals surface area contributed by atoms with Crippen LogP contribution in [0, 0.1) is 10.1 Å². The van der Waals surface area contributed by atoms with Crippen molar-refractivity contribution < 1.29 is 19.2 Å². The minimum Gasteiger partial charge on any atom is -0.493 e. The number of hydrogen-bond donors (Lipinski definition) is 0. The van der Waals surface area contributed by atoms with Crippen LogP contribution in [0.1, 0.15) is 11.1 Å². The van der Waals surface area contributed by atoms with Crippen molar-refractivity contribution in [2.75, 3.05) is 20.8 Å². The molecule has 1 aliphatic rings. The number of aromatic nitrogens is 2. The molecule has 0 saturated carbocycles. The minimum atomic E-state index is -0.444. The molecule has 1 saturated heterocycles. The highest BCUT2D eigenvalue weighted by Gasteiger charge is 2.32. The van der Waals surface area contributed by atoms with Crippen molar-refractivity contribution in [1.29, 1.82) is 0 Å². The molecule has 40 heavy (non-hydrogen) atoms. The number of benzene rings is 3. The summed E-state index contributed by atoms with van der Waals surface area (Å²) in [6.45, 7) is 0.401. The summed E-state index contributed by atoms with van der Waals surface area (Å²) in [5.74, 6) is 1.05. The van der Waals surface area contributed by atoms with Crippen molar-refractivity contribution in [2.24, 2.45) is 0 Å². The maximum atomic E-state index is 13.4. The lowest BCUT2D eigenvalue weighted by atomic mass is 10.1. The van der Waals surface area contributed by atoms with E-state index in [1.54, 1.807) is 48.2 Å². The number of nitrogens with zero attached hydrogens (tertiary/aromatic N) is 4. The van der Waals surface area contributed by atoms with Gasteiger partial charge in [0.1, 0.15) is 10.0 Å². The zero-order chi connectivity index (χ0) is 28.2. The predicted octanol–water partition coefficient (Wildman–Crippen LogP) is 5.91. The molecule has 1 amide bonds. The fourth-order valence-electron chi connectivity index (χ4n) is 4.31. The van der Waals surface area contributed by atoms with Crippen LogP contribution in [-0.4, -0.2) is 50.6 Å². The van der Waals surface area contributed by atoms with Gasteiger partial charge in [0.15, 0.2) is 11.5 Å². The number of hydrogen-bond acceptors (Lipinski definition) is 8. The molecule has 1 fully saturated rings. The van der Waals surface area contributed by atoms with Gasteiger partial charge in [-0.05, 0) is 42.3 Å². The highest BCUT2D eigenvalue weighted by atomic mass is 32.2. The minimum absolute atomic E-state index is 0.0424. The maximum Gasteiger partial charge on any atom is 0.270 e. The van der Waals surface area contributed by atoms with Crippen molar-refractivity contribution in [3.63, 3.8) is 0 Å². The van der Waals surface area contributed by atoms with Crippen molar-refractivity contribution in [3.8, 4) is 28.4 Å². The van der Waals surface area contributed by atoms with E-state index in [1.807, 2.05) is 48.5 Å². The van der Waals surface area contributed by atoms with Gasteiger partial charge >= 0.3 is 0 Å². The van der Waals surface area contributed by atoms with Crippen molar-refractivity contribution in [1.82, 2.24) is 14.7 Å². The van der Waals surface area contributed by atoms with E-state index in [2.05, 4.69) is 0 Å². The standard InChI is InChI=1S/C29H24N4O5S2/c1-37-24-12-11-19(15-25(24)38-2)13-14-31-28(34)26(40-29(31)39)17-21-18-32(22-8-4-3-5-9-22)30-27(21)20-7-6-10-23(16-20)33(35)36/h3-12,15-18H,13-14H2,1-2H3/b26-17-. The van der Waals surface area contributed by atoms with Gasteiger partial charge in [-0.1, -0.05) is 60.4 Å². The number of amides is 1. The van der Waals surface area contributed by atoms with Gasteiger partial charge in [-0.25, -0.2) is 4.68 Å². The fourth-order valence-corrected chi connectivity index (χ4v) is 5.61. The van der Waals surface area contributed by atoms with Crippen LogP contribution in [-0.2, 0) is 11.2 Å². The summed E-state index contributed by atoms with van der Waals surface area (Å²) in [6.07, 6.45) is 4.13. The zero-order valence-electron chi connectivity index (χ0n) is 21.6. The molecule has 202 valence electrons. The van der Waals surface area contributed by atoms with Crippen LogP contribution in [0.5, 0.6) is 11.5 Å². The average Bonchev–Trinajstić information content (AvgIpc) is 3.52. The van der Waals surface area contributed by atoms with Crippen molar-refractivity contribution in [3.05, 3.63) is 105 Å². The molecule has 0 aliphatic carbocycles. The average molecular weight is 573 g/mol. The quantitative estimate of drug-likeness (QED) is 0.106. The second-order valence-corrected chi connectivity index (χ2v) is 10.5. The SMILES string of the molecule is COc1ccc(CCN2C(=O)/C(=C/c3cn(-c4ccccc4)nc3-c3cccc([N+](=O)[O-])c3)SC2=S)cc1OC. The Balaban J connectivity index is 1.45. The van der Waals surface area contributed by atoms with E-state index in [0.29, 0.717) is 50.5 Å². The highest BCUT2D eigenvalue weighted by molar-refractivity contribution is 8.26. The van der Waals surface area contributed by atoms with Crippen LogP contribution >= 0.6 is 24.0 Å². The van der Waals surface area contributed by atoms with Gasteiger partial charge < -0.3 is 9.47 Å². The van der Waals surface area contributed by atoms with Gasteiger partial charge in [0.2, 0.25) is 0 Å². The van der Waals surface area contributed by atoms with Gasteiger partial charge in [-0.3, -0.25) is 19.8 Å². The topological polar surface area (TPSA) is 99.7 Å². The Bertz CT molecular complexity index is 1630. The number of nitro groups is 1. The van der Waals surface area contributed by atoms with Crippen LogP contribution < -0.4 is 9.47 Å². The van der Waals surface area contributed by atoms with E-state index in [1.165, 1.54) is 23.9 Å². The Kier molecular flexibility index (Phi) is 7.94. The van der Waals surface area contributed by atoms with Crippen LogP contribution in [0.15, 0.2) is 83.9 Å². The molecule has 9 nitrogen and oxygen atoms in total. The Morgan fingerprint density at radius 2 is 1.80 bits per heavy atom. The molecule has 0 N–H and O–H groups in total. The van der Waals surface area contributed by atoms with E-state index >= 15 is 0 Å². The van der Waals surface area contributed by atoms with E-state index in [4.69, 9.17) is 26.8 Å². The van der Waals surface area contributed by atoms with Crippen LogP contribution in [0.25, 0.3) is 23.0 Å². The molecule has 4 aromatic rings. The molecule has 5 rings (SSSR count). The third-order valence-electron chi connectivity index (χ3n) is 6.33. The third kappa shape index (κ3) is 5.61. The Morgan fingerprint density at radius 3 is 2.52 bits per heavy atom. The van der Waals surface area contributed by atoms with E-state index in [-0.39, 0.29) is 11.6 Å². The number of para-hydroxylation sites is 1. The smallest absolute Gasteiger partial charge is 0.270 e. The maximum absolute atomic E-state index is 13.4. The first-order chi connectivity index (χ1) is 19.4. The Morgan fingerprint density at radius 1 is 1.02 bits per heavy atom. The summed E-state index contributed by atoms with van der Waals surface area (Å²) in [7, 11) is 3.16. The summed E-state index contributed by atoms with van der Waals surface area (Å²) >= 11 is 6.78. The number of nitro benzene ring substituents is 1. The molecule has 1 aromatic heterocycles. The molecule has 0 spiro atoms. The van der Waals surface area contributed by atoms with Crippen molar-refractivity contribution >= 4 is 46.0 Å². The predicted molar refractivity (Wildman–Crippen MR) is 159 cm³/mol. The van der Waals surface area contributed by atoms with Crippen LogP contribution in [0.2, 0.25) is 0 Å². The molecule has 1 aliphatic heterocycles. The van der Waals surface area contributed by atoms with E-state index < -0.39 is 4.92 Å². The fraction of sp³-hybridized carbons (Fsp3) is 0.138. The molecule has 0 radical (unpaired) electrons. The second kappa shape index (κ2) is 11.7. The van der Waals surface area contributed by atoms with Crippen LogP contribution in [0.4, 0.5) is 5.69 Å². The molecular weight excluding hydrogens is 548 g/mol. The van der Waals surface area contributed by atoms with Gasteiger partial charge in [-0.15, -0.1) is 0 Å².